The van der Waals surface area contributed by atoms with Crippen LogP contribution in [0.3, 0.4) is 0 Å². The summed E-state index contributed by atoms with van der Waals surface area (Å²) in [5.74, 6) is 0. The Morgan fingerprint density at radius 3 is 1.47 bits per heavy atom. The Bertz CT molecular complexity index is 265. The summed E-state index contributed by atoms with van der Waals surface area (Å²) in [6, 6.07) is 0. The highest BCUT2D eigenvalue weighted by Crippen LogP contribution is 2.53. The number of hydrogen-bond donors (Lipinski definition) is 2. The van der Waals surface area contributed by atoms with E-state index < -0.39 is 27.5 Å². The maximum absolute atomic E-state index is 10.8. The summed E-state index contributed by atoms with van der Waals surface area (Å²) in [6.45, 7) is 6.32. The van der Waals surface area contributed by atoms with Gasteiger partial charge in [0.05, 0.1) is 0 Å². The Balaban J connectivity index is -0.000000720. The second-order valence-electron chi connectivity index (χ2n) is 2.25. The van der Waals surface area contributed by atoms with Crippen molar-refractivity contribution in [3.05, 3.63) is 25.3 Å². The van der Waals surface area contributed by atoms with Crippen molar-refractivity contribution in [1.82, 2.24) is 12.3 Å². The van der Waals surface area contributed by atoms with E-state index in [9.17, 15) is 18.9 Å². The fourth-order valence-electron chi connectivity index (χ4n) is 0.572. The van der Waals surface area contributed by atoms with E-state index in [0.717, 1.165) is 12.2 Å². The molecule has 15 heavy (non-hydrogen) atoms. The molecule has 0 fully saturated rings. The van der Waals surface area contributed by atoms with Crippen LogP contribution in [0.4, 0.5) is 0 Å². The molecular formula is C6H18N2O5P2. The Labute approximate surface area is 89.1 Å². The highest BCUT2D eigenvalue weighted by molar-refractivity contribution is 7.65. The van der Waals surface area contributed by atoms with Crippen molar-refractivity contribution in [2.24, 2.45) is 0 Å². The molecule has 0 spiro atoms. The second kappa shape index (κ2) is 7.96. The fourth-order valence-corrected chi connectivity index (χ4v) is 3.25. The highest BCUT2D eigenvalue weighted by atomic mass is 31.3. The molecule has 7 nitrogen and oxygen atoms in total. The molecule has 2 atom stereocenters. The van der Waals surface area contributed by atoms with Crippen LogP contribution in [0.15, 0.2) is 25.3 Å². The summed E-state index contributed by atoms with van der Waals surface area (Å²) < 4.78 is 25.7. The lowest BCUT2D eigenvalue weighted by Gasteiger charge is -2.30. The normalized spacial score (nSPS) is 17.2. The third-order valence-corrected chi connectivity index (χ3v) is 4.36. The van der Waals surface area contributed by atoms with Crippen LogP contribution in [0.25, 0.3) is 0 Å². The standard InChI is InChI=1S/C6H12O5P2.2H3N/c1-3-5-12(7,8)11-13(9,10)6-4-2;;/h3-4H,1-2,5-6H2,(H,7,8)(H,9,10);2*1H3. The maximum Gasteiger partial charge on any atom is 0.144 e. The lowest BCUT2D eigenvalue weighted by molar-refractivity contribution is -0.212. The topological polar surface area (TPSA) is 162 Å². The molecule has 0 radical (unpaired) electrons. The van der Waals surface area contributed by atoms with Gasteiger partial charge in [-0.3, -0.25) is 4.31 Å². The van der Waals surface area contributed by atoms with Crippen molar-refractivity contribution in [1.29, 1.82) is 0 Å². The average molecular weight is 260 g/mol. The van der Waals surface area contributed by atoms with E-state index in [0.29, 0.717) is 0 Å². The van der Waals surface area contributed by atoms with E-state index in [1.807, 2.05) is 0 Å². The predicted octanol–water partition coefficient (Wildman–Crippen LogP) is 1.23. The van der Waals surface area contributed by atoms with Crippen molar-refractivity contribution >= 4 is 15.2 Å². The van der Waals surface area contributed by atoms with Gasteiger partial charge in [-0.25, -0.2) is 0 Å². The van der Waals surface area contributed by atoms with Crippen LogP contribution in [-0.4, -0.2) is 12.3 Å². The minimum absolute atomic E-state index is 0. The van der Waals surface area contributed by atoms with Gasteiger partial charge in [-0.05, 0) is 0 Å². The largest absolute Gasteiger partial charge is 0.778 e. The number of allylic oxidation sites excluding steroid dienone is 2. The molecule has 0 aromatic carbocycles. The average Bonchev–Trinajstić information content (AvgIpc) is 1.82. The van der Waals surface area contributed by atoms with Crippen molar-refractivity contribution in [2.45, 2.75) is 0 Å². The quantitative estimate of drug-likeness (QED) is 0.540. The van der Waals surface area contributed by atoms with Gasteiger partial charge in [0.25, 0.3) is 0 Å². The third kappa shape index (κ3) is 10.0. The van der Waals surface area contributed by atoms with Crippen LogP contribution in [0.5, 0.6) is 0 Å². The SMILES string of the molecule is C=CCP(=O)([O-])OP(=O)([O-])CC=C.[NH4+].[NH4+]. The Kier molecular flexibility index (Phi) is 10.7. The van der Waals surface area contributed by atoms with Gasteiger partial charge in [-0.1, -0.05) is 12.2 Å². The Morgan fingerprint density at radius 2 is 1.27 bits per heavy atom. The van der Waals surface area contributed by atoms with Gasteiger partial charge in [0.2, 0.25) is 0 Å². The molecule has 0 rings (SSSR count). The Hall–Kier alpha value is -0.260. The van der Waals surface area contributed by atoms with Crippen molar-refractivity contribution in [3.8, 4) is 0 Å². The van der Waals surface area contributed by atoms with Crippen LogP contribution < -0.4 is 22.1 Å². The number of hydrogen-bond acceptors (Lipinski definition) is 5. The number of quaternary nitrogens is 2. The molecule has 0 aromatic rings. The Morgan fingerprint density at radius 1 is 1.00 bits per heavy atom. The molecule has 8 N–H and O–H groups in total. The molecule has 0 heterocycles. The van der Waals surface area contributed by atoms with Crippen LogP contribution >= 0.6 is 15.2 Å². The summed E-state index contributed by atoms with van der Waals surface area (Å²) in [5, 5.41) is 0. The molecular weight excluding hydrogens is 242 g/mol. The smallest absolute Gasteiger partial charge is 0.144 e. The first-order chi connectivity index (χ1) is 5.83. The number of rotatable bonds is 6. The van der Waals surface area contributed by atoms with Gasteiger partial charge in [0.1, 0.15) is 15.2 Å². The zero-order chi connectivity index (χ0) is 10.5. The summed E-state index contributed by atoms with van der Waals surface area (Å²) in [5.41, 5.74) is 0. The zero-order valence-corrected chi connectivity index (χ0v) is 10.7. The van der Waals surface area contributed by atoms with E-state index >= 15 is 0 Å². The van der Waals surface area contributed by atoms with Crippen LogP contribution in [0.1, 0.15) is 0 Å². The van der Waals surface area contributed by atoms with E-state index in [-0.39, 0.29) is 12.3 Å². The van der Waals surface area contributed by atoms with Crippen molar-refractivity contribution in [3.63, 3.8) is 0 Å². The fraction of sp³-hybridized carbons (Fsp3) is 0.333. The van der Waals surface area contributed by atoms with Gasteiger partial charge >= 0.3 is 0 Å². The van der Waals surface area contributed by atoms with Gasteiger partial charge in [-0.2, -0.15) is 0 Å². The lowest BCUT2D eigenvalue weighted by Crippen LogP contribution is -2.12. The molecule has 0 aliphatic rings. The van der Waals surface area contributed by atoms with E-state index in [1.54, 1.807) is 0 Å². The first-order valence-electron chi connectivity index (χ1n) is 3.36. The van der Waals surface area contributed by atoms with Crippen molar-refractivity contribution in [2.75, 3.05) is 12.3 Å². The van der Waals surface area contributed by atoms with Gasteiger partial charge in [0.15, 0.2) is 0 Å². The first kappa shape index (κ1) is 20.2. The molecule has 0 aromatic heterocycles. The molecule has 0 saturated carbocycles. The maximum atomic E-state index is 10.8. The predicted molar refractivity (Wildman–Crippen MR) is 58.4 cm³/mol. The molecule has 0 saturated heterocycles. The highest BCUT2D eigenvalue weighted by Gasteiger charge is 2.14. The van der Waals surface area contributed by atoms with Gasteiger partial charge < -0.3 is 31.2 Å². The molecule has 0 amide bonds. The minimum Gasteiger partial charge on any atom is -0.778 e. The summed E-state index contributed by atoms with van der Waals surface area (Å²) >= 11 is 0. The zero-order valence-electron chi connectivity index (χ0n) is 8.92. The molecule has 92 valence electrons. The van der Waals surface area contributed by atoms with Crippen LogP contribution in [-0.2, 0) is 13.4 Å². The van der Waals surface area contributed by atoms with Crippen molar-refractivity contribution < 1.29 is 23.2 Å². The first-order valence-corrected chi connectivity index (χ1v) is 6.82. The molecule has 0 bridgehead atoms. The monoisotopic (exact) mass is 260 g/mol. The van der Waals surface area contributed by atoms with Gasteiger partial charge in [0, 0.05) is 12.3 Å². The van der Waals surface area contributed by atoms with E-state index in [1.165, 1.54) is 0 Å². The molecule has 2 unspecified atom stereocenters. The van der Waals surface area contributed by atoms with Crippen LogP contribution in [0.2, 0.25) is 0 Å². The second-order valence-corrected chi connectivity index (χ2v) is 6.07. The molecule has 9 heteroatoms. The lowest BCUT2D eigenvalue weighted by atomic mass is 10.8. The minimum atomic E-state index is -4.34. The molecule has 0 aliphatic carbocycles. The van der Waals surface area contributed by atoms with E-state index in [4.69, 9.17) is 0 Å². The summed E-state index contributed by atoms with van der Waals surface area (Å²) in [7, 11) is -8.67. The molecule has 0 aliphatic heterocycles. The third-order valence-electron chi connectivity index (χ3n) is 0.954. The van der Waals surface area contributed by atoms with Gasteiger partial charge in [-0.15, -0.1) is 13.2 Å². The summed E-state index contributed by atoms with van der Waals surface area (Å²) in [4.78, 5) is 21.7. The summed E-state index contributed by atoms with van der Waals surface area (Å²) in [6.07, 6.45) is 1.11. The van der Waals surface area contributed by atoms with Crippen LogP contribution in [0, 0.1) is 0 Å². The van der Waals surface area contributed by atoms with E-state index in [2.05, 4.69) is 17.5 Å².